The summed E-state index contributed by atoms with van der Waals surface area (Å²) in [6.45, 7) is 2.11. The number of rotatable bonds is 6. The molecule has 0 amide bonds. The van der Waals surface area contributed by atoms with Crippen LogP contribution in [-0.4, -0.2) is 6.04 Å². The second kappa shape index (κ2) is 7.07. The van der Waals surface area contributed by atoms with Crippen LogP contribution in [-0.2, 0) is 12.8 Å². The molecule has 19 heavy (non-hydrogen) atoms. The van der Waals surface area contributed by atoms with Crippen molar-refractivity contribution in [3.05, 3.63) is 71.3 Å². The summed E-state index contributed by atoms with van der Waals surface area (Å²) in [7, 11) is 0. The molecule has 100 valence electrons. The molecule has 2 rings (SSSR count). The van der Waals surface area contributed by atoms with Crippen LogP contribution < -0.4 is 11.3 Å². The molecule has 2 heteroatoms. The molecule has 0 fully saturated rings. The summed E-state index contributed by atoms with van der Waals surface area (Å²) in [5.41, 5.74) is 6.93. The van der Waals surface area contributed by atoms with Gasteiger partial charge in [0, 0.05) is 6.04 Å². The van der Waals surface area contributed by atoms with E-state index in [4.69, 9.17) is 5.84 Å². The monoisotopic (exact) mass is 254 g/mol. The van der Waals surface area contributed by atoms with Gasteiger partial charge in [0.25, 0.3) is 0 Å². The van der Waals surface area contributed by atoms with Crippen molar-refractivity contribution >= 4 is 0 Å². The van der Waals surface area contributed by atoms with Crippen molar-refractivity contribution in [1.82, 2.24) is 5.43 Å². The summed E-state index contributed by atoms with van der Waals surface area (Å²) in [5.74, 6) is 5.66. The van der Waals surface area contributed by atoms with Gasteiger partial charge in [0.2, 0.25) is 0 Å². The minimum absolute atomic E-state index is 0.322. The third-order valence-corrected chi connectivity index (χ3v) is 3.46. The highest BCUT2D eigenvalue weighted by atomic mass is 15.2. The van der Waals surface area contributed by atoms with Crippen molar-refractivity contribution in [2.24, 2.45) is 5.84 Å². The average Bonchev–Trinajstić information content (AvgIpc) is 2.46. The van der Waals surface area contributed by atoms with E-state index in [1.165, 1.54) is 16.7 Å². The number of hydrazine groups is 1. The highest BCUT2D eigenvalue weighted by Crippen LogP contribution is 2.10. The van der Waals surface area contributed by atoms with Gasteiger partial charge < -0.3 is 0 Å². The van der Waals surface area contributed by atoms with Crippen LogP contribution in [0, 0.1) is 6.92 Å². The number of aryl methyl sites for hydroxylation is 2. The number of hydrogen-bond acceptors (Lipinski definition) is 2. The number of nitrogens with two attached hydrogens (primary N) is 1. The van der Waals surface area contributed by atoms with Gasteiger partial charge >= 0.3 is 0 Å². The van der Waals surface area contributed by atoms with Gasteiger partial charge in [0.15, 0.2) is 0 Å². The van der Waals surface area contributed by atoms with Gasteiger partial charge in [-0.15, -0.1) is 0 Å². The van der Waals surface area contributed by atoms with E-state index >= 15 is 0 Å². The molecule has 0 radical (unpaired) electrons. The fourth-order valence-electron chi connectivity index (χ4n) is 2.24. The van der Waals surface area contributed by atoms with Gasteiger partial charge in [-0.05, 0) is 37.3 Å². The first-order valence-corrected chi connectivity index (χ1v) is 6.83. The zero-order valence-electron chi connectivity index (χ0n) is 11.5. The fourth-order valence-corrected chi connectivity index (χ4v) is 2.24. The lowest BCUT2D eigenvalue weighted by molar-refractivity contribution is 0.491. The second-order valence-corrected chi connectivity index (χ2v) is 5.08. The SMILES string of the molecule is Cc1ccc(CC(CCc2ccccc2)NN)cc1. The molecule has 0 saturated heterocycles. The average molecular weight is 254 g/mol. The Morgan fingerprint density at radius 2 is 1.63 bits per heavy atom. The zero-order chi connectivity index (χ0) is 13.5. The van der Waals surface area contributed by atoms with E-state index in [0.717, 1.165) is 19.3 Å². The summed E-state index contributed by atoms with van der Waals surface area (Å²) >= 11 is 0. The summed E-state index contributed by atoms with van der Waals surface area (Å²) in [6, 6.07) is 19.5. The van der Waals surface area contributed by atoms with Crippen molar-refractivity contribution in [1.29, 1.82) is 0 Å². The lowest BCUT2D eigenvalue weighted by Crippen LogP contribution is -2.37. The van der Waals surface area contributed by atoms with Gasteiger partial charge in [-0.3, -0.25) is 11.3 Å². The van der Waals surface area contributed by atoms with E-state index in [2.05, 4.69) is 66.9 Å². The molecule has 2 aromatic rings. The van der Waals surface area contributed by atoms with Gasteiger partial charge in [0.05, 0.1) is 0 Å². The summed E-state index contributed by atoms with van der Waals surface area (Å²) in [5, 5.41) is 0. The maximum absolute atomic E-state index is 5.66. The van der Waals surface area contributed by atoms with Gasteiger partial charge in [0.1, 0.15) is 0 Å². The molecule has 0 saturated carbocycles. The molecular weight excluding hydrogens is 232 g/mol. The number of hydrogen-bond donors (Lipinski definition) is 2. The first-order valence-electron chi connectivity index (χ1n) is 6.83. The lowest BCUT2D eigenvalue weighted by Gasteiger charge is -2.16. The minimum atomic E-state index is 0.322. The van der Waals surface area contributed by atoms with Crippen molar-refractivity contribution in [3.63, 3.8) is 0 Å². The molecule has 0 bridgehead atoms. The Bertz CT molecular complexity index is 476. The molecule has 0 aromatic heterocycles. The van der Waals surface area contributed by atoms with Crippen molar-refractivity contribution in [3.8, 4) is 0 Å². The van der Waals surface area contributed by atoms with E-state index in [9.17, 15) is 0 Å². The molecular formula is C17H22N2. The summed E-state index contributed by atoms with van der Waals surface area (Å²) in [4.78, 5) is 0. The number of benzene rings is 2. The van der Waals surface area contributed by atoms with Gasteiger partial charge in [-0.1, -0.05) is 60.2 Å². The molecule has 1 unspecified atom stereocenters. The van der Waals surface area contributed by atoms with Crippen LogP contribution >= 0.6 is 0 Å². The molecule has 0 spiro atoms. The molecule has 0 heterocycles. The van der Waals surface area contributed by atoms with Crippen LogP contribution in [0.4, 0.5) is 0 Å². The normalized spacial score (nSPS) is 12.3. The fraction of sp³-hybridized carbons (Fsp3) is 0.294. The highest BCUT2D eigenvalue weighted by molar-refractivity contribution is 5.22. The topological polar surface area (TPSA) is 38.0 Å². The van der Waals surface area contributed by atoms with Crippen LogP contribution in [0.3, 0.4) is 0 Å². The standard InChI is InChI=1S/C17H22N2/c1-14-7-9-16(10-8-14)13-17(19-18)12-11-15-5-3-2-4-6-15/h2-10,17,19H,11-13,18H2,1H3. The second-order valence-electron chi connectivity index (χ2n) is 5.08. The smallest absolute Gasteiger partial charge is 0.0254 e. The first-order chi connectivity index (χ1) is 9.28. The Kier molecular flexibility index (Phi) is 5.13. The van der Waals surface area contributed by atoms with Crippen LogP contribution in [0.15, 0.2) is 54.6 Å². The molecule has 1 atom stereocenters. The zero-order valence-corrected chi connectivity index (χ0v) is 11.5. The summed E-state index contributed by atoms with van der Waals surface area (Å²) < 4.78 is 0. The van der Waals surface area contributed by atoms with Gasteiger partial charge in [-0.25, -0.2) is 0 Å². The number of nitrogens with one attached hydrogen (secondary N) is 1. The largest absolute Gasteiger partial charge is 0.271 e. The van der Waals surface area contributed by atoms with E-state index in [0.29, 0.717) is 6.04 Å². The minimum Gasteiger partial charge on any atom is -0.271 e. The summed E-state index contributed by atoms with van der Waals surface area (Å²) in [6.07, 6.45) is 3.08. The molecule has 0 aliphatic rings. The maximum atomic E-state index is 5.66. The lowest BCUT2D eigenvalue weighted by atomic mass is 9.99. The maximum Gasteiger partial charge on any atom is 0.0254 e. The Morgan fingerprint density at radius 1 is 0.947 bits per heavy atom. The Hall–Kier alpha value is -1.64. The molecule has 0 aliphatic heterocycles. The molecule has 2 nitrogen and oxygen atoms in total. The Labute approximate surface area is 115 Å². The Morgan fingerprint density at radius 3 is 2.26 bits per heavy atom. The molecule has 3 N–H and O–H groups in total. The van der Waals surface area contributed by atoms with Crippen LogP contribution in [0.1, 0.15) is 23.1 Å². The first kappa shape index (κ1) is 13.8. The third-order valence-electron chi connectivity index (χ3n) is 3.46. The third kappa shape index (κ3) is 4.51. The van der Waals surface area contributed by atoms with Crippen molar-refractivity contribution < 1.29 is 0 Å². The predicted molar refractivity (Wildman–Crippen MR) is 80.8 cm³/mol. The van der Waals surface area contributed by atoms with Gasteiger partial charge in [-0.2, -0.15) is 0 Å². The predicted octanol–water partition coefficient (Wildman–Crippen LogP) is 3.00. The van der Waals surface area contributed by atoms with E-state index in [1.54, 1.807) is 0 Å². The molecule has 0 aliphatic carbocycles. The van der Waals surface area contributed by atoms with E-state index in [-0.39, 0.29) is 0 Å². The van der Waals surface area contributed by atoms with Crippen LogP contribution in [0.25, 0.3) is 0 Å². The van der Waals surface area contributed by atoms with Crippen molar-refractivity contribution in [2.75, 3.05) is 0 Å². The quantitative estimate of drug-likeness (QED) is 0.614. The Balaban J connectivity index is 1.88. The van der Waals surface area contributed by atoms with Crippen LogP contribution in [0.5, 0.6) is 0 Å². The van der Waals surface area contributed by atoms with E-state index in [1.807, 2.05) is 0 Å². The molecule has 2 aromatic carbocycles. The van der Waals surface area contributed by atoms with Crippen molar-refractivity contribution in [2.45, 2.75) is 32.2 Å². The highest BCUT2D eigenvalue weighted by Gasteiger charge is 2.07. The van der Waals surface area contributed by atoms with E-state index < -0.39 is 0 Å². The van der Waals surface area contributed by atoms with Crippen LogP contribution in [0.2, 0.25) is 0 Å².